The molecular weight excluding hydrogens is 263 g/mol. The first-order valence-electron chi connectivity index (χ1n) is 4.83. The third kappa shape index (κ3) is 2.62. The first-order valence-corrected chi connectivity index (χ1v) is 5.58. The topological polar surface area (TPSA) is 50.4 Å². The molecule has 0 aliphatic rings. The van der Waals surface area contributed by atoms with Crippen LogP contribution in [0.2, 0.25) is 10.0 Å². The Kier molecular flexibility index (Phi) is 3.41. The second-order valence-electron chi connectivity index (χ2n) is 3.44. The molecule has 0 aliphatic heterocycles. The third-order valence-corrected chi connectivity index (χ3v) is 3.02. The lowest BCUT2D eigenvalue weighted by Gasteiger charge is -2.02. The van der Waals surface area contributed by atoms with Crippen molar-refractivity contribution in [1.29, 1.82) is 0 Å². The predicted molar refractivity (Wildman–Crippen MR) is 65.5 cm³/mol. The van der Waals surface area contributed by atoms with Crippen LogP contribution in [0.25, 0.3) is 11.3 Å². The van der Waals surface area contributed by atoms with Gasteiger partial charge in [-0.05, 0) is 24.3 Å². The van der Waals surface area contributed by atoms with Crippen molar-refractivity contribution in [3.63, 3.8) is 0 Å². The third-order valence-electron chi connectivity index (χ3n) is 2.20. The molecule has 0 saturated heterocycles. The number of halogens is 2. The maximum absolute atomic E-state index is 10.5. The molecule has 5 heteroatoms. The summed E-state index contributed by atoms with van der Waals surface area (Å²) in [5, 5.41) is 9.46. The maximum atomic E-state index is 10.5. The van der Waals surface area contributed by atoms with Crippen LogP contribution in [0, 0.1) is 0 Å². The molecule has 17 heavy (non-hydrogen) atoms. The molecule has 1 N–H and O–H groups in total. The Morgan fingerprint density at radius 1 is 1.24 bits per heavy atom. The largest absolute Gasteiger partial charge is 0.481 e. The van der Waals surface area contributed by atoms with Gasteiger partial charge in [0, 0.05) is 5.56 Å². The Morgan fingerprint density at radius 3 is 2.71 bits per heavy atom. The molecule has 0 radical (unpaired) electrons. The van der Waals surface area contributed by atoms with E-state index in [0.717, 1.165) is 0 Å². The van der Waals surface area contributed by atoms with E-state index in [4.69, 9.17) is 32.7 Å². The van der Waals surface area contributed by atoms with Crippen molar-refractivity contribution >= 4 is 29.2 Å². The van der Waals surface area contributed by atoms with Crippen LogP contribution in [0.4, 0.5) is 0 Å². The van der Waals surface area contributed by atoms with Crippen LogP contribution in [0.1, 0.15) is 5.76 Å². The smallest absolute Gasteiger partial charge is 0.311 e. The van der Waals surface area contributed by atoms with E-state index in [1.807, 2.05) is 0 Å². The molecule has 0 bridgehead atoms. The highest BCUT2D eigenvalue weighted by atomic mass is 35.5. The lowest BCUT2D eigenvalue weighted by Crippen LogP contribution is -1.97. The average molecular weight is 271 g/mol. The van der Waals surface area contributed by atoms with Crippen molar-refractivity contribution in [2.45, 2.75) is 6.42 Å². The minimum Gasteiger partial charge on any atom is -0.481 e. The molecular formula is C12H8Cl2O3. The molecule has 0 saturated carbocycles. The normalized spacial score (nSPS) is 10.5. The summed E-state index contributed by atoms with van der Waals surface area (Å²) in [6.07, 6.45) is -0.155. The molecule has 1 heterocycles. The fourth-order valence-corrected chi connectivity index (χ4v) is 1.85. The van der Waals surface area contributed by atoms with E-state index < -0.39 is 5.97 Å². The van der Waals surface area contributed by atoms with E-state index in [1.54, 1.807) is 30.3 Å². The van der Waals surface area contributed by atoms with Gasteiger partial charge in [0.2, 0.25) is 0 Å². The van der Waals surface area contributed by atoms with Gasteiger partial charge in [0.15, 0.2) is 0 Å². The zero-order chi connectivity index (χ0) is 12.4. The Bertz CT molecular complexity index is 561. The molecule has 0 amide bonds. The number of carboxylic acids is 1. The van der Waals surface area contributed by atoms with Gasteiger partial charge < -0.3 is 9.52 Å². The van der Waals surface area contributed by atoms with Crippen molar-refractivity contribution < 1.29 is 14.3 Å². The number of hydrogen-bond donors (Lipinski definition) is 1. The van der Waals surface area contributed by atoms with Crippen LogP contribution in [-0.2, 0) is 11.2 Å². The summed E-state index contributed by atoms with van der Waals surface area (Å²) in [7, 11) is 0. The van der Waals surface area contributed by atoms with Gasteiger partial charge in [0.25, 0.3) is 0 Å². The fraction of sp³-hybridized carbons (Fsp3) is 0.0833. The molecule has 2 rings (SSSR count). The maximum Gasteiger partial charge on any atom is 0.311 e. The van der Waals surface area contributed by atoms with E-state index in [9.17, 15) is 4.79 Å². The summed E-state index contributed by atoms with van der Waals surface area (Å²) in [6, 6.07) is 8.48. The number of carbonyl (C=O) groups is 1. The van der Waals surface area contributed by atoms with Crippen LogP contribution >= 0.6 is 23.2 Å². The van der Waals surface area contributed by atoms with E-state index in [-0.39, 0.29) is 6.42 Å². The molecule has 1 aromatic carbocycles. The minimum atomic E-state index is -0.942. The predicted octanol–water partition coefficient (Wildman–Crippen LogP) is 3.88. The highest BCUT2D eigenvalue weighted by Gasteiger charge is 2.12. The van der Waals surface area contributed by atoms with Crippen molar-refractivity contribution in [3.05, 3.63) is 46.1 Å². The first kappa shape index (κ1) is 12.0. The van der Waals surface area contributed by atoms with E-state index in [1.165, 1.54) is 0 Å². The SMILES string of the molecule is O=C(O)Cc1ccc(-c2cccc(Cl)c2Cl)o1. The van der Waals surface area contributed by atoms with Crippen LogP contribution < -0.4 is 0 Å². The lowest BCUT2D eigenvalue weighted by atomic mass is 10.2. The monoisotopic (exact) mass is 270 g/mol. The highest BCUT2D eigenvalue weighted by Crippen LogP contribution is 2.34. The van der Waals surface area contributed by atoms with Crippen LogP contribution in [-0.4, -0.2) is 11.1 Å². The van der Waals surface area contributed by atoms with Crippen LogP contribution in [0.3, 0.4) is 0 Å². The number of hydrogen-bond acceptors (Lipinski definition) is 2. The second kappa shape index (κ2) is 4.82. The average Bonchev–Trinajstić information content (AvgIpc) is 2.69. The number of furan rings is 1. The van der Waals surface area contributed by atoms with Crippen molar-refractivity contribution in [1.82, 2.24) is 0 Å². The number of carboxylic acid groups (broad SMARTS) is 1. The quantitative estimate of drug-likeness (QED) is 0.921. The van der Waals surface area contributed by atoms with E-state index in [2.05, 4.69) is 0 Å². The van der Waals surface area contributed by atoms with Gasteiger partial charge in [-0.25, -0.2) is 0 Å². The van der Waals surface area contributed by atoms with Crippen molar-refractivity contribution in [2.75, 3.05) is 0 Å². The van der Waals surface area contributed by atoms with Gasteiger partial charge in [0.05, 0.1) is 10.0 Å². The summed E-state index contributed by atoms with van der Waals surface area (Å²) in [4.78, 5) is 10.5. The molecule has 3 nitrogen and oxygen atoms in total. The van der Waals surface area contributed by atoms with E-state index in [0.29, 0.717) is 27.1 Å². The Hall–Kier alpha value is -1.45. The lowest BCUT2D eigenvalue weighted by molar-refractivity contribution is -0.136. The first-order chi connectivity index (χ1) is 8.08. The molecule has 0 spiro atoms. The Morgan fingerprint density at radius 2 is 2.00 bits per heavy atom. The van der Waals surface area contributed by atoms with Crippen LogP contribution in [0.5, 0.6) is 0 Å². The molecule has 0 aliphatic carbocycles. The van der Waals surface area contributed by atoms with E-state index >= 15 is 0 Å². The number of benzene rings is 1. The zero-order valence-corrected chi connectivity index (χ0v) is 10.1. The zero-order valence-electron chi connectivity index (χ0n) is 8.61. The molecule has 1 aromatic heterocycles. The summed E-state index contributed by atoms with van der Waals surface area (Å²) in [5.74, 6) is -0.0552. The summed E-state index contributed by atoms with van der Waals surface area (Å²) in [6.45, 7) is 0. The fourth-order valence-electron chi connectivity index (χ4n) is 1.46. The van der Waals surface area contributed by atoms with Crippen molar-refractivity contribution in [3.8, 4) is 11.3 Å². The molecule has 0 atom stereocenters. The highest BCUT2D eigenvalue weighted by molar-refractivity contribution is 6.43. The van der Waals surface area contributed by atoms with Gasteiger partial charge >= 0.3 is 5.97 Å². The molecule has 2 aromatic rings. The summed E-state index contributed by atoms with van der Waals surface area (Å²) < 4.78 is 5.39. The molecule has 88 valence electrons. The Labute approximate surface area is 108 Å². The number of rotatable bonds is 3. The van der Waals surface area contributed by atoms with Gasteiger partial charge in [-0.1, -0.05) is 29.3 Å². The van der Waals surface area contributed by atoms with Gasteiger partial charge in [-0.3, -0.25) is 4.79 Å². The second-order valence-corrected chi connectivity index (χ2v) is 4.22. The van der Waals surface area contributed by atoms with Gasteiger partial charge in [-0.15, -0.1) is 0 Å². The Balaban J connectivity index is 2.37. The van der Waals surface area contributed by atoms with Crippen molar-refractivity contribution in [2.24, 2.45) is 0 Å². The van der Waals surface area contributed by atoms with Gasteiger partial charge in [-0.2, -0.15) is 0 Å². The summed E-state index contributed by atoms with van der Waals surface area (Å²) in [5.41, 5.74) is 0.649. The molecule has 0 unspecified atom stereocenters. The molecule has 0 fully saturated rings. The minimum absolute atomic E-state index is 0.155. The number of aliphatic carboxylic acids is 1. The standard InChI is InChI=1S/C12H8Cl2O3/c13-9-3-1-2-8(12(9)14)10-5-4-7(17-10)6-11(15)16/h1-5H,6H2,(H,15,16). The van der Waals surface area contributed by atoms with Gasteiger partial charge in [0.1, 0.15) is 17.9 Å². The summed E-state index contributed by atoms with van der Waals surface area (Å²) >= 11 is 11.9. The van der Waals surface area contributed by atoms with Crippen LogP contribution in [0.15, 0.2) is 34.7 Å².